The highest BCUT2D eigenvalue weighted by molar-refractivity contribution is 5.98. The number of carbonyl (C=O) groups excluding carboxylic acids is 11. The van der Waals surface area contributed by atoms with Crippen molar-refractivity contribution < 1.29 is 52.7 Å². The van der Waals surface area contributed by atoms with E-state index in [4.69, 9.17) is 63.1 Å². The molecule has 0 bridgehead atoms. The van der Waals surface area contributed by atoms with Crippen LogP contribution in [0.5, 0.6) is 0 Å². The van der Waals surface area contributed by atoms with Crippen molar-refractivity contribution >= 4 is 82.9 Å². The molecule has 0 spiro atoms. The van der Waals surface area contributed by atoms with Gasteiger partial charge in [-0.05, 0) is 96.4 Å². The first-order valence-electron chi connectivity index (χ1n) is 25.4. The minimum absolute atomic E-state index is 0.00659. The Kier molecular flexibility index (Phi) is 31.3. The molecule has 1 heterocycles. The van der Waals surface area contributed by atoms with E-state index in [1.807, 2.05) is 0 Å². The van der Waals surface area contributed by atoms with Crippen molar-refractivity contribution in [2.24, 2.45) is 84.0 Å². The third-order valence-corrected chi connectivity index (χ3v) is 12.1. The molecule has 8 atom stereocenters. The minimum Gasteiger partial charge on any atom is -0.370 e. The summed E-state index contributed by atoms with van der Waals surface area (Å²) >= 11 is 0. The van der Waals surface area contributed by atoms with Crippen LogP contribution in [0, 0.1) is 5.92 Å². The van der Waals surface area contributed by atoms with E-state index in [1.54, 1.807) is 6.92 Å². The Labute approximate surface area is 446 Å². The molecule has 77 heavy (non-hydrogen) atoms. The topological polar surface area (TPSA) is 586 Å². The Balaban J connectivity index is 3.59. The van der Waals surface area contributed by atoms with Crippen LogP contribution in [0.4, 0.5) is 0 Å². The maximum Gasteiger partial charge on any atom is 0.245 e. The predicted octanol–water partition coefficient (Wildman–Crippen LogP) is -7.91. The van der Waals surface area contributed by atoms with Gasteiger partial charge in [0, 0.05) is 51.4 Å². The molecule has 1 aliphatic heterocycles. The Hall–Kier alpha value is -8.06. The lowest BCUT2D eigenvalue weighted by Crippen LogP contribution is -2.60. The van der Waals surface area contributed by atoms with Crippen LogP contribution in [0.15, 0.2) is 15.0 Å². The van der Waals surface area contributed by atoms with Crippen molar-refractivity contribution in [3.8, 4) is 0 Å². The fraction of sp³-hybridized carbons (Fsp3) is 0.689. The van der Waals surface area contributed by atoms with Crippen molar-refractivity contribution in [3.63, 3.8) is 0 Å². The van der Waals surface area contributed by atoms with Crippen molar-refractivity contribution in [2.75, 3.05) is 32.7 Å². The first-order chi connectivity index (χ1) is 36.3. The number of carbonyl (C=O) groups is 11. The van der Waals surface area contributed by atoms with Gasteiger partial charge < -0.3 is 99.9 Å². The van der Waals surface area contributed by atoms with Gasteiger partial charge in [0.1, 0.15) is 42.3 Å². The van der Waals surface area contributed by atoms with E-state index in [9.17, 15) is 52.7 Å². The number of rotatable bonds is 39. The van der Waals surface area contributed by atoms with Crippen LogP contribution in [0.25, 0.3) is 0 Å². The number of nitrogens with one attached hydrogen (secondary N) is 6. The number of guanidine groups is 3. The van der Waals surface area contributed by atoms with E-state index in [1.165, 1.54) is 4.90 Å². The van der Waals surface area contributed by atoms with Crippen molar-refractivity contribution in [1.82, 2.24) is 36.8 Å². The van der Waals surface area contributed by atoms with Gasteiger partial charge in [-0.15, -0.1) is 0 Å². The number of hydrogen-bond donors (Lipinski definition) is 17. The summed E-state index contributed by atoms with van der Waals surface area (Å²) in [5, 5.41) is 15.4. The number of aliphatic imine (C=N–C) groups is 3. The lowest BCUT2D eigenvalue weighted by Gasteiger charge is -2.31. The second kappa shape index (κ2) is 36.0. The zero-order valence-corrected chi connectivity index (χ0v) is 43.8. The van der Waals surface area contributed by atoms with Crippen LogP contribution in [0.3, 0.4) is 0 Å². The number of primary amides is 4. The van der Waals surface area contributed by atoms with Crippen LogP contribution < -0.4 is 95.0 Å². The number of nitrogens with two attached hydrogens (primary N) is 11. The van der Waals surface area contributed by atoms with Crippen molar-refractivity contribution in [1.29, 1.82) is 0 Å². The smallest absolute Gasteiger partial charge is 0.245 e. The molecule has 0 radical (unpaired) electrons. The molecule has 0 saturated carbocycles. The van der Waals surface area contributed by atoms with Gasteiger partial charge in [0.2, 0.25) is 65.0 Å². The largest absolute Gasteiger partial charge is 0.370 e. The molecule has 434 valence electrons. The lowest BCUT2D eigenvalue weighted by molar-refractivity contribution is -0.143. The summed E-state index contributed by atoms with van der Waals surface area (Å²) in [6.45, 7) is 1.97. The van der Waals surface area contributed by atoms with E-state index >= 15 is 0 Å². The second-order valence-corrected chi connectivity index (χ2v) is 18.5. The zero-order valence-electron chi connectivity index (χ0n) is 43.8. The number of unbranched alkanes of at least 4 members (excludes halogenated alkanes) is 1. The third kappa shape index (κ3) is 27.9. The molecule has 1 fully saturated rings. The van der Waals surface area contributed by atoms with Crippen LogP contribution >= 0.6 is 0 Å². The highest BCUT2D eigenvalue weighted by Gasteiger charge is 2.40. The van der Waals surface area contributed by atoms with Crippen LogP contribution in [-0.4, -0.2) is 163 Å². The molecule has 11 amide bonds. The Morgan fingerprint density at radius 1 is 0.455 bits per heavy atom. The zero-order chi connectivity index (χ0) is 58.2. The van der Waals surface area contributed by atoms with Crippen LogP contribution in [0.2, 0.25) is 0 Å². The van der Waals surface area contributed by atoms with E-state index in [0.717, 1.165) is 0 Å². The Morgan fingerprint density at radius 3 is 1.23 bits per heavy atom. The van der Waals surface area contributed by atoms with Gasteiger partial charge in [0.15, 0.2) is 17.9 Å². The molecule has 28 N–H and O–H groups in total. The molecule has 1 saturated heterocycles. The van der Waals surface area contributed by atoms with Crippen molar-refractivity contribution in [3.05, 3.63) is 0 Å². The van der Waals surface area contributed by atoms with Gasteiger partial charge in [0.25, 0.3) is 0 Å². The fourth-order valence-corrected chi connectivity index (χ4v) is 7.86. The normalized spacial score (nSPS) is 15.5. The molecule has 1 aliphatic rings. The highest BCUT2D eigenvalue weighted by atomic mass is 16.2. The summed E-state index contributed by atoms with van der Waals surface area (Å²) in [4.78, 5) is 158. The molecule has 0 unspecified atom stereocenters. The van der Waals surface area contributed by atoms with Gasteiger partial charge in [-0.2, -0.15) is 0 Å². The molecule has 1 rings (SSSR count). The standard InChI is InChI=1S/C45H83N21O11/c1-24(13-16-32(47)67)36(71)61-26(9-4-20-57-43(51)52)38(73)65-30(11-6-22-59-45(55)56)42(77)66-23-7-12-31(66)41(76)64-29(15-18-34(49)69)40(75)62-27(10-5-21-58-44(53)54)37(72)63-28(14-17-33(48)68)39(74)60-25(35(50)70)8-2-3-19-46/h24-31H,2-23,46H2,1H3,(H2,47,67)(H2,48,68)(H2,49,69)(H2,50,70)(H,60,74)(H,61,71)(H,62,75)(H,63,72)(H,64,76)(H,65,73)(H4,51,52,57)(H4,53,54,58)(H4,55,56,59)/t24-,25-,26-,27-,28-,29-,30-,31-/m0/s1. The summed E-state index contributed by atoms with van der Waals surface area (Å²) in [6.07, 6.45) is 0.0904. The predicted molar refractivity (Wildman–Crippen MR) is 283 cm³/mol. The summed E-state index contributed by atoms with van der Waals surface area (Å²) in [5.41, 5.74) is 60.0. The summed E-state index contributed by atoms with van der Waals surface area (Å²) in [7, 11) is 0. The number of nitrogens with zero attached hydrogens (tertiary/aromatic N) is 4. The molecular formula is C45H83N21O11. The Morgan fingerprint density at radius 2 is 0.818 bits per heavy atom. The molecular weight excluding hydrogens is 1010 g/mol. The van der Waals surface area contributed by atoms with Gasteiger partial charge in [-0.1, -0.05) is 6.92 Å². The quantitative estimate of drug-likeness (QED) is 0.0154. The first kappa shape index (κ1) is 67.0. The summed E-state index contributed by atoms with van der Waals surface area (Å²) < 4.78 is 0. The first-order valence-corrected chi connectivity index (χ1v) is 25.4. The monoisotopic (exact) mass is 1090 g/mol. The minimum atomic E-state index is -1.57. The van der Waals surface area contributed by atoms with Crippen LogP contribution in [0.1, 0.15) is 116 Å². The fourth-order valence-electron chi connectivity index (χ4n) is 7.86. The third-order valence-electron chi connectivity index (χ3n) is 12.1. The molecule has 32 nitrogen and oxygen atoms in total. The summed E-state index contributed by atoms with van der Waals surface area (Å²) in [6, 6.07) is -9.51. The number of amides is 11. The maximum absolute atomic E-state index is 14.5. The number of hydrogen-bond acceptors (Lipinski definition) is 15. The average Bonchev–Trinajstić information content (AvgIpc) is 3.85. The van der Waals surface area contributed by atoms with E-state index in [-0.39, 0.29) is 128 Å². The maximum atomic E-state index is 14.5. The van der Waals surface area contributed by atoms with E-state index in [0.29, 0.717) is 25.8 Å². The lowest BCUT2D eigenvalue weighted by atomic mass is 10.0. The number of likely N-dealkylation sites (tertiary alicyclic amines) is 1. The van der Waals surface area contributed by atoms with E-state index in [2.05, 4.69) is 46.9 Å². The molecule has 32 heteroatoms. The molecule has 0 aromatic heterocycles. The average molecular weight is 1090 g/mol. The van der Waals surface area contributed by atoms with E-state index < -0.39 is 120 Å². The molecule has 0 aromatic carbocycles. The van der Waals surface area contributed by atoms with Gasteiger partial charge in [0.05, 0.1) is 0 Å². The molecule has 0 aromatic rings. The van der Waals surface area contributed by atoms with Crippen LogP contribution in [-0.2, 0) is 52.7 Å². The summed E-state index contributed by atoms with van der Waals surface area (Å²) in [5.74, 6) is -10.4. The van der Waals surface area contributed by atoms with Gasteiger partial charge in [-0.25, -0.2) is 0 Å². The van der Waals surface area contributed by atoms with Gasteiger partial charge >= 0.3 is 0 Å². The highest BCUT2D eigenvalue weighted by Crippen LogP contribution is 2.21. The molecule has 0 aliphatic carbocycles. The second-order valence-electron chi connectivity index (χ2n) is 18.5. The Bertz CT molecular complexity index is 2110. The SMILES string of the molecule is C[C@@H](CCC(N)=O)C(=O)N[C@@H](CCCN=C(N)N)C(=O)N[C@@H](CCCN=C(N)N)C(=O)N1CCC[C@H]1C(=O)N[C@@H](CCC(N)=O)C(=O)N[C@@H](CCCN=C(N)N)C(=O)N[C@@H](CCC(N)=O)C(=O)N[C@@H](CCCCN)C(N)=O. The van der Waals surface area contributed by atoms with Crippen molar-refractivity contribution in [2.45, 2.75) is 158 Å². The van der Waals surface area contributed by atoms with Gasteiger partial charge in [-0.3, -0.25) is 67.7 Å².